The van der Waals surface area contributed by atoms with Crippen molar-refractivity contribution in [2.45, 2.75) is 12.5 Å². The van der Waals surface area contributed by atoms with Crippen LogP contribution in [0.15, 0.2) is 0 Å². The van der Waals surface area contributed by atoms with Crippen LogP contribution in [0.1, 0.15) is 6.42 Å². The SMILES string of the molecule is O=C(O)CC(O)C(=O)O.OCCNCCO. The molecule has 0 bridgehead atoms. The van der Waals surface area contributed by atoms with E-state index in [1.54, 1.807) is 0 Å². The highest BCUT2D eigenvalue weighted by Crippen LogP contribution is 1.89. The van der Waals surface area contributed by atoms with Crippen molar-refractivity contribution in [3.05, 3.63) is 0 Å². The molecule has 0 spiro atoms. The molecule has 0 saturated heterocycles. The summed E-state index contributed by atoms with van der Waals surface area (Å²) in [4.78, 5) is 19.4. The minimum absolute atomic E-state index is 0.139. The lowest BCUT2D eigenvalue weighted by molar-refractivity contribution is -0.152. The third-order valence-corrected chi connectivity index (χ3v) is 1.23. The van der Waals surface area contributed by atoms with E-state index in [1.807, 2.05) is 0 Å². The second kappa shape index (κ2) is 11.9. The average molecular weight is 239 g/mol. The summed E-state index contributed by atoms with van der Waals surface area (Å²) < 4.78 is 0. The molecular formula is C8H17NO7. The highest BCUT2D eigenvalue weighted by atomic mass is 16.4. The van der Waals surface area contributed by atoms with Crippen molar-refractivity contribution < 1.29 is 35.1 Å². The van der Waals surface area contributed by atoms with Crippen molar-refractivity contribution in [3.63, 3.8) is 0 Å². The molecule has 6 N–H and O–H groups in total. The molecule has 96 valence electrons. The summed E-state index contributed by atoms with van der Waals surface area (Å²) in [6.45, 7) is 1.42. The summed E-state index contributed by atoms with van der Waals surface area (Å²) in [6, 6.07) is 0. The van der Waals surface area contributed by atoms with E-state index in [-0.39, 0.29) is 13.2 Å². The molecule has 0 aliphatic carbocycles. The zero-order chi connectivity index (χ0) is 13.0. The first-order valence-corrected chi connectivity index (χ1v) is 4.50. The van der Waals surface area contributed by atoms with Crippen molar-refractivity contribution in [1.29, 1.82) is 0 Å². The maximum atomic E-state index is 9.72. The van der Waals surface area contributed by atoms with Gasteiger partial charge in [0.05, 0.1) is 19.6 Å². The number of aliphatic carboxylic acids is 2. The molecule has 0 radical (unpaired) electrons. The summed E-state index contributed by atoms with van der Waals surface area (Å²) in [5.41, 5.74) is 0. The molecule has 1 atom stereocenters. The quantitative estimate of drug-likeness (QED) is 0.266. The van der Waals surface area contributed by atoms with Crippen molar-refractivity contribution >= 4 is 11.9 Å². The standard InChI is InChI=1S/C4H11NO2.C4H6O5/c6-3-1-5-2-4-7;5-2(4(8)9)1-3(6)7/h5-7H,1-4H2;2,5H,1H2,(H,6,7)(H,8,9). The van der Waals surface area contributed by atoms with Crippen LogP contribution in [-0.2, 0) is 9.59 Å². The molecule has 0 amide bonds. The van der Waals surface area contributed by atoms with E-state index in [9.17, 15) is 9.59 Å². The molecule has 0 aliphatic rings. The van der Waals surface area contributed by atoms with Gasteiger partial charge in [0, 0.05) is 13.1 Å². The second-order valence-electron chi connectivity index (χ2n) is 2.65. The Bertz CT molecular complexity index is 193. The van der Waals surface area contributed by atoms with Crippen LogP contribution in [0.5, 0.6) is 0 Å². The Morgan fingerprint density at radius 2 is 1.50 bits per heavy atom. The van der Waals surface area contributed by atoms with Crippen LogP contribution < -0.4 is 5.32 Å². The first-order chi connectivity index (χ1) is 7.45. The number of nitrogens with one attached hydrogen (secondary N) is 1. The van der Waals surface area contributed by atoms with Crippen LogP contribution >= 0.6 is 0 Å². The lowest BCUT2D eigenvalue weighted by Gasteiger charge is -1.97. The number of carboxylic acids is 2. The van der Waals surface area contributed by atoms with E-state index < -0.39 is 24.5 Å². The van der Waals surface area contributed by atoms with Gasteiger partial charge in [-0.05, 0) is 0 Å². The number of hydrogen-bond acceptors (Lipinski definition) is 6. The van der Waals surface area contributed by atoms with Crippen LogP contribution in [0.3, 0.4) is 0 Å². The van der Waals surface area contributed by atoms with E-state index in [0.717, 1.165) is 0 Å². The second-order valence-corrected chi connectivity index (χ2v) is 2.65. The molecule has 0 aromatic heterocycles. The van der Waals surface area contributed by atoms with E-state index in [2.05, 4.69) is 5.32 Å². The van der Waals surface area contributed by atoms with E-state index in [0.29, 0.717) is 13.1 Å². The summed E-state index contributed by atoms with van der Waals surface area (Å²) in [7, 11) is 0. The Hall–Kier alpha value is -1.22. The van der Waals surface area contributed by atoms with Gasteiger partial charge in [-0.1, -0.05) is 0 Å². The molecule has 0 heterocycles. The molecule has 0 aromatic carbocycles. The van der Waals surface area contributed by atoms with Crippen LogP contribution in [0, 0.1) is 0 Å². The van der Waals surface area contributed by atoms with Crippen molar-refractivity contribution in [2.24, 2.45) is 0 Å². The molecule has 8 heteroatoms. The molecule has 0 aromatic rings. The Labute approximate surface area is 92.1 Å². The Kier molecular flexibility index (Phi) is 12.7. The number of rotatable bonds is 7. The van der Waals surface area contributed by atoms with E-state index in [1.165, 1.54) is 0 Å². The van der Waals surface area contributed by atoms with Crippen molar-refractivity contribution in [3.8, 4) is 0 Å². The predicted molar refractivity (Wildman–Crippen MR) is 52.9 cm³/mol. The normalized spacial score (nSPS) is 11.2. The Balaban J connectivity index is 0. The van der Waals surface area contributed by atoms with Crippen molar-refractivity contribution in [1.82, 2.24) is 5.32 Å². The fourth-order valence-electron chi connectivity index (χ4n) is 0.536. The van der Waals surface area contributed by atoms with Gasteiger partial charge in [0.25, 0.3) is 0 Å². The van der Waals surface area contributed by atoms with Gasteiger partial charge < -0.3 is 30.8 Å². The molecule has 0 fully saturated rings. The highest BCUT2D eigenvalue weighted by Gasteiger charge is 2.16. The zero-order valence-corrected chi connectivity index (χ0v) is 8.67. The first-order valence-electron chi connectivity index (χ1n) is 4.50. The number of aliphatic hydroxyl groups is 3. The van der Waals surface area contributed by atoms with Gasteiger partial charge in [-0.3, -0.25) is 4.79 Å². The molecule has 8 nitrogen and oxygen atoms in total. The van der Waals surface area contributed by atoms with Crippen LogP contribution in [-0.4, -0.2) is 69.9 Å². The van der Waals surface area contributed by atoms with Crippen LogP contribution in [0.4, 0.5) is 0 Å². The predicted octanol–water partition coefficient (Wildman–Crippen LogP) is -2.53. The molecule has 0 rings (SSSR count). The summed E-state index contributed by atoms with van der Waals surface area (Å²) >= 11 is 0. The smallest absolute Gasteiger partial charge is 0.333 e. The fraction of sp³-hybridized carbons (Fsp3) is 0.750. The number of hydrogen-bond donors (Lipinski definition) is 6. The first kappa shape index (κ1) is 17.2. The minimum Gasteiger partial charge on any atom is -0.481 e. The molecular weight excluding hydrogens is 222 g/mol. The van der Waals surface area contributed by atoms with E-state index >= 15 is 0 Å². The van der Waals surface area contributed by atoms with Gasteiger partial charge in [0.15, 0.2) is 6.10 Å². The van der Waals surface area contributed by atoms with Crippen LogP contribution in [0.25, 0.3) is 0 Å². The van der Waals surface area contributed by atoms with Gasteiger partial charge in [-0.15, -0.1) is 0 Å². The molecule has 1 unspecified atom stereocenters. The third-order valence-electron chi connectivity index (χ3n) is 1.23. The maximum absolute atomic E-state index is 9.72. The van der Waals surface area contributed by atoms with Gasteiger partial charge in [-0.2, -0.15) is 0 Å². The zero-order valence-electron chi connectivity index (χ0n) is 8.67. The Morgan fingerprint density at radius 1 is 1.06 bits per heavy atom. The average Bonchev–Trinajstić information content (AvgIpc) is 2.18. The van der Waals surface area contributed by atoms with Gasteiger partial charge in [0.2, 0.25) is 0 Å². The summed E-state index contributed by atoms with van der Waals surface area (Å²) in [6.07, 6.45) is -2.54. The highest BCUT2D eigenvalue weighted by molar-refractivity contribution is 5.79. The Morgan fingerprint density at radius 3 is 1.69 bits per heavy atom. The molecule has 16 heavy (non-hydrogen) atoms. The number of aliphatic hydroxyl groups excluding tert-OH is 3. The largest absolute Gasteiger partial charge is 0.481 e. The van der Waals surface area contributed by atoms with Crippen molar-refractivity contribution in [2.75, 3.05) is 26.3 Å². The number of carboxylic acid groups (broad SMARTS) is 2. The van der Waals surface area contributed by atoms with Gasteiger partial charge in [0.1, 0.15) is 0 Å². The van der Waals surface area contributed by atoms with Crippen LogP contribution in [0.2, 0.25) is 0 Å². The monoisotopic (exact) mass is 239 g/mol. The minimum atomic E-state index is -1.79. The third kappa shape index (κ3) is 15.3. The van der Waals surface area contributed by atoms with Gasteiger partial charge >= 0.3 is 11.9 Å². The van der Waals surface area contributed by atoms with E-state index in [4.69, 9.17) is 25.5 Å². The summed E-state index contributed by atoms with van der Waals surface area (Å²) in [5, 5.41) is 43.2. The fourth-order valence-corrected chi connectivity index (χ4v) is 0.536. The topological polar surface area (TPSA) is 147 Å². The lowest BCUT2D eigenvalue weighted by Crippen LogP contribution is -2.22. The maximum Gasteiger partial charge on any atom is 0.333 e. The molecule has 0 saturated carbocycles. The van der Waals surface area contributed by atoms with Gasteiger partial charge in [-0.25, -0.2) is 4.79 Å². The number of carbonyl (C=O) groups is 2. The molecule has 0 aliphatic heterocycles. The lowest BCUT2D eigenvalue weighted by atomic mass is 10.3. The summed E-state index contributed by atoms with van der Waals surface area (Å²) in [5.74, 6) is -2.85.